The second-order valence-electron chi connectivity index (χ2n) is 8.11. The highest BCUT2D eigenvalue weighted by Gasteiger charge is 2.54. The van der Waals surface area contributed by atoms with Crippen LogP contribution in [0, 0.1) is 0 Å². The van der Waals surface area contributed by atoms with Crippen molar-refractivity contribution in [3.8, 4) is 0 Å². The molecule has 0 aliphatic carbocycles. The van der Waals surface area contributed by atoms with E-state index in [2.05, 4.69) is 182 Å². The molecule has 34 heavy (non-hydrogen) atoms. The van der Waals surface area contributed by atoms with Gasteiger partial charge in [-0.25, -0.2) is 0 Å². The van der Waals surface area contributed by atoms with Crippen LogP contribution in [0.5, 0.6) is 0 Å². The van der Waals surface area contributed by atoms with Crippen LogP contribution in [0.4, 0.5) is 0 Å². The summed E-state index contributed by atoms with van der Waals surface area (Å²) in [6.07, 6.45) is 0. The van der Waals surface area contributed by atoms with Crippen LogP contribution in [0.25, 0.3) is 20.8 Å². The summed E-state index contributed by atoms with van der Waals surface area (Å²) in [5.41, 5.74) is 4.94. The van der Waals surface area contributed by atoms with E-state index in [9.17, 15) is 0 Å². The highest BCUT2D eigenvalue weighted by atomic mass is 79.9. The Morgan fingerprint density at radius 1 is 0.294 bits per heavy atom. The van der Waals surface area contributed by atoms with Crippen LogP contribution in [0.1, 0.15) is 22.3 Å². The predicted molar refractivity (Wildman–Crippen MR) is 167 cm³/mol. The molecule has 168 valence electrons. The van der Waals surface area contributed by atoms with Gasteiger partial charge in [-0.1, -0.05) is 182 Å². The Morgan fingerprint density at radius 3 is 0.647 bits per heavy atom. The largest absolute Gasteiger partial charge is 0.261 e. The zero-order chi connectivity index (χ0) is 23.8. The van der Waals surface area contributed by atoms with Crippen LogP contribution in [0.15, 0.2) is 121 Å². The molecule has 0 spiro atoms. The lowest BCUT2D eigenvalue weighted by molar-refractivity contribution is 1.60. The minimum atomic E-state index is -2.55. The van der Waals surface area contributed by atoms with Gasteiger partial charge >= 0.3 is 0 Å². The van der Waals surface area contributed by atoms with Gasteiger partial charge in [0.15, 0.2) is 0 Å². The first-order valence-corrected chi connectivity index (χ1v) is 23.9. The molecule has 5 rings (SSSR count). The van der Waals surface area contributed by atoms with Crippen molar-refractivity contribution in [2.24, 2.45) is 0 Å². The van der Waals surface area contributed by atoms with Gasteiger partial charge in [-0.2, -0.15) is 0 Å². The maximum Gasteiger partial charge on any atom is 0.261 e. The summed E-state index contributed by atoms with van der Waals surface area (Å²) in [4.78, 5) is 0. The van der Waals surface area contributed by atoms with Crippen molar-refractivity contribution in [2.75, 3.05) is 0 Å². The average Bonchev–Trinajstić information content (AvgIpc) is 2.86. The van der Waals surface area contributed by atoms with Crippen molar-refractivity contribution >= 4 is 92.6 Å². The van der Waals surface area contributed by atoms with Crippen molar-refractivity contribution in [3.63, 3.8) is 0 Å². The maximum atomic E-state index is 4.35. The molecule has 0 amide bonds. The third-order valence-electron chi connectivity index (χ3n) is 6.01. The lowest BCUT2D eigenvalue weighted by Gasteiger charge is -2.41. The Kier molecular flexibility index (Phi) is 7.17. The highest BCUT2D eigenvalue weighted by Crippen LogP contribution is 2.62. The van der Waals surface area contributed by atoms with Gasteiger partial charge in [0.1, 0.15) is 0 Å². The molecule has 1 heterocycles. The molecule has 0 fully saturated rings. The zero-order valence-electron chi connectivity index (χ0n) is 18.1. The number of hydrogen-bond acceptors (Lipinski definition) is 0. The zero-order valence-corrected chi connectivity index (χ0v) is 26.4. The number of hydrogen-bond donors (Lipinski definition) is 0. The molecule has 6 heteroatoms. The van der Waals surface area contributed by atoms with Gasteiger partial charge in [-0.05, 0) is 43.0 Å². The molecule has 0 unspecified atom stereocenters. The molecule has 0 atom stereocenters. The summed E-state index contributed by atoms with van der Waals surface area (Å²) in [5.74, 6) is 0. The molecule has 1 aliphatic heterocycles. The maximum absolute atomic E-state index is 4.35. The van der Waals surface area contributed by atoms with Crippen LogP contribution in [-0.4, -0.2) is 10.6 Å². The fraction of sp³-hybridized carbons (Fsp3) is 0. The SMILES string of the molecule is Br[Si]1(Br)C(c2ccccc2)=C(c2ccccc2)[Si](Br)(Br)C(c2ccccc2)=C1c1ccccc1. The highest BCUT2D eigenvalue weighted by molar-refractivity contribution is 9.54. The van der Waals surface area contributed by atoms with Crippen molar-refractivity contribution in [3.05, 3.63) is 144 Å². The van der Waals surface area contributed by atoms with Crippen LogP contribution in [0.3, 0.4) is 0 Å². The van der Waals surface area contributed by atoms with Gasteiger partial charge in [0.05, 0.1) is 0 Å². The molecule has 0 saturated heterocycles. The standard InChI is InChI=1S/C28H20Br4Si2/c29-33(30)25(21-13-5-1-6-14-21)26(22-15-7-2-8-16-22)34(31,32)28(24-19-11-4-12-20-24)27(33)23-17-9-3-10-18-23/h1-20H. The summed E-state index contributed by atoms with van der Waals surface area (Å²) >= 11 is 17.4. The minimum absolute atomic E-state index is 1.23. The molecule has 0 radical (unpaired) electrons. The Bertz CT molecular complexity index is 1150. The smallest absolute Gasteiger partial charge is 0.0987 e. The number of benzene rings is 4. The normalized spacial score (nSPS) is 17.1. The van der Waals surface area contributed by atoms with Crippen molar-refractivity contribution in [1.82, 2.24) is 0 Å². The van der Waals surface area contributed by atoms with Crippen molar-refractivity contribution in [2.45, 2.75) is 0 Å². The molecule has 4 aromatic rings. The van der Waals surface area contributed by atoms with E-state index in [-0.39, 0.29) is 0 Å². The molecule has 0 N–H and O–H groups in total. The van der Waals surface area contributed by atoms with Gasteiger partial charge in [-0.3, -0.25) is 0 Å². The van der Waals surface area contributed by atoms with Gasteiger partial charge in [0.2, 0.25) is 0 Å². The molecular weight excluding hydrogens is 712 g/mol. The molecular formula is C28H20Br4Si2. The van der Waals surface area contributed by atoms with E-state index in [1.807, 2.05) is 0 Å². The molecule has 0 bridgehead atoms. The number of rotatable bonds is 4. The van der Waals surface area contributed by atoms with Crippen molar-refractivity contribution < 1.29 is 0 Å². The summed E-state index contributed by atoms with van der Waals surface area (Å²) in [6.45, 7) is 0. The number of halogens is 4. The van der Waals surface area contributed by atoms with Crippen LogP contribution in [-0.2, 0) is 0 Å². The van der Waals surface area contributed by atoms with E-state index in [4.69, 9.17) is 0 Å². The lowest BCUT2D eigenvalue weighted by Crippen LogP contribution is -2.39. The summed E-state index contributed by atoms with van der Waals surface area (Å²) < 4.78 is 0. The Morgan fingerprint density at radius 2 is 0.471 bits per heavy atom. The van der Waals surface area contributed by atoms with E-state index in [1.54, 1.807) is 0 Å². The Hall–Kier alpha value is -1.29. The van der Waals surface area contributed by atoms with Gasteiger partial charge in [-0.15, -0.1) is 0 Å². The van der Waals surface area contributed by atoms with Crippen molar-refractivity contribution in [1.29, 1.82) is 0 Å². The monoisotopic (exact) mass is 728 g/mol. The van der Waals surface area contributed by atoms with Gasteiger partial charge < -0.3 is 0 Å². The third-order valence-corrected chi connectivity index (χ3v) is 20.7. The molecule has 0 aromatic heterocycles. The Balaban J connectivity index is 1.94. The fourth-order valence-electron chi connectivity index (χ4n) is 4.60. The van der Waals surface area contributed by atoms with E-state index < -0.39 is 10.6 Å². The molecule has 1 aliphatic rings. The van der Waals surface area contributed by atoms with Gasteiger partial charge in [0.25, 0.3) is 10.6 Å². The van der Waals surface area contributed by atoms with Crippen LogP contribution >= 0.6 is 61.2 Å². The summed E-state index contributed by atoms with van der Waals surface area (Å²) in [7, 11) is 0. The van der Waals surface area contributed by atoms with E-state index in [1.165, 1.54) is 43.0 Å². The first kappa shape index (κ1) is 24.4. The first-order chi connectivity index (χ1) is 16.4. The van der Waals surface area contributed by atoms with Gasteiger partial charge in [0, 0.05) is 0 Å². The summed E-state index contributed by atoms with van der Waals surface area (Å²) in [5, 5.41) is 0.277. The average molecular weight is 732 g/mol. The van der Waals surface area contributed by atoms with Crippen LogP contribution in [0.2, 0.25) is 0 Å². The lowest BCUT2D eigenvalue weighted by atomic mass is 10.1. The quantitative estimate of drug-likeness (QED) is 0.145. The minimum Gasteiger partial charge on any atom is -0.0987 e. The molecule has 0 saturated carbocycles. The van der Waals surface area contributed by atoms with E-state index in [0.717, 1.165) is 0 Å². The third kappa shape index (κ3) is 4.38. The topological polar surface area (TPSA) is 0 Å². The first-order valence-electron chi connectivity index (χ1n) is 10.9. The molecule has 4 aromatic carbocycles. The van der Waals surface area contributed by atoms with E-state index in [0.29, 0.717) is 0 Å². The second-order valence-corrected chi connectivity index (χ2v) is 33.1. The molecule has 0 nitrogen and oxygen atoms in total. The van der Waals surface area contributed by atoms with E-state index >= 15 is 0 Å². The predicted octanol–water partition coefficient (Wildman–Crippen LogP) is 9.84. The Labute approximate surface area is 234 Å². The summed E-state index contributed by atoms with van der Waals surface area (Å²) in [6, 6.07) is 43.1. The second kappa shape index (κ2) is 9.99. The van der Waals surface area contributed by atoms with Crippen LogP contribution < -0.4 is 0 Å². The fourth-order valence-corrected chi connectivity index (χ4v) is 25.9.